The van der Waals surface area contributed by atoms with Crippen molar-refractivity contribution < 1.29 is 9.59 Å². The normalized spacial score (nSPS) is 11.1. The summed E-state index contributed by atoms with van der Waals surface area (Å²) in [6.45, 7) is 1.88. The molecule has 1 aromatic carbocycles. The number of aromatic nitrogens is 2. The minimum absolute atomic E-state index is 0.0663. The first kappa shape index (κ1) is 18.3. The zero-order chi connectivity index (χ0) is 20.2. The molecule has 0 saturated heterocycles. The molecular weight excluding hydrogens is 364 g/mol. The van der Waals surface area contributed by atoms with Crippen LogP contribution in [-0.4, -0.2) is 27.3 Å². The van der Waals surface area contributed by atoms with Crippen LogP contribution in [0.5, 0.6) is 0 Å². The molecule has 1 N–H and O–H groups in total. The van der Waals surface area contributed by atoms with E-state index in [1.165, 1.54) is 6.20 Å². The van der Waals surface area contributed by atoms with Gasteiger partial charge in [0.15, 0.2) is 0 Å². The Labute approximate surface area is 167 Å². The van der Waals surface area contributed by atoms with E-state index in [1.807, 2.05) is 53.9 Å². The fraction of sp³-hybridized carbons (Fsp3) is 0.0435. The van der Waals surface area contributed by atoms with E-state index in [9.17, 15) is 9.59 Å². The number of hydrazone groups is 1. The van der Waals surface area contributed by atoms with Crippen LogP contribution < -0.4 is 5.43 Å². The molecule has 0 atom stereocenters. The lowest BCUT2D eigenvalue weighted by atomic mass is 10.0. The number of ketones is 1. The molecule has 6 nitrogen and oxygen atoms in total. The standard InChI is InChI=1S/C23H18N4O2/c1-16-19(15-25-26-23(29)18-10-7-12-24-14-18)20-11-5-6-13-27(20)21(16)22(28)17-8-3-2-4-9-17/h2-15H,1H3,(H,26,29)/b25-15-. The van der Waals surface area contributed by atoms with Gasteiger partial charge in [-0.1, -0.05) is 36.4 Å². The van der Waals surface area contributed by atoms with Crippen molar-refractivity contribution in [3.63, 3.8) is 0 Å². The molecule has 0 unspecified atom stereocenters. The van der Waals surface area contributed by atoms with Gasteiger partial charge in [0.25, 0.3) is 5.91 Å². The average Bonchev–Trinajstić information content (AvgIpc) is 3.06. The third-order valence-corrected chi connectivity index (χ3v) is 4.67. The Kier molecular flexibility index (Phi) is 4.99. The summed E-state index contributed by atoms with van der Waals surface area (Å²) in [6.07, 6.45) is 6.49. The first-order chi connectivity index (χ1) is 14.2. The number of hydrogen-bond acceptors (Lipinski definition) is 4. The molecule has 142 valence electrons. The number of benzene rings is 1. The molecule has 29 heavy (non-hydrogen) atoms. The molecule has 4 aromatic rings. The van der Waals surface area contributed by atoms with Crippen LogP contribution in [0.2, 0.25) is 0 Å². The van der Waals surface area contributed by atoms with E-state index >= 15 is 0 Å². The molecule has 0 bridgehead atoms. The van der Waals surface area contributed by atoms with E-state index in [-0.39, 0.29) is 11.7 Å². The average molecular weight is 382 g/mol. The van der Waals surface area contributed by atoms with E-state index in [1.54, 1.807) is 36.7 Å². The maximum Gasteiger partial charge on any atom is 0.272 e. The van der Waals surface area contributed by atoms with Crippen LogP contribution >= 0.6 is 0 Å². The second-order valence-corrected chi connectivity index (χ2v) is 6.48. The molecule has 0 fully saturated rings. The Bertz CT molecular complexity index is 1210. The third-order valence-electron chi connectivity index (χ3n) is 4.67. The van der Waals surface area contributed by atoms with E-state index in [0.717, 1.165) is 16.6 Å². The maximum atomic E-state index is 13.1. The summed E-state index contributed by atoms with van der Waals surface area (Å²) >= 11 is 0. The summed E-state index contributed by atoms with van der Waals surface area (Å²) in [5.74, 6) is -0.417. The summed E-state index contributed by atoms with van der Waals surface area (Å²) in [6, 6.07) is 18.2. The molecule has 0 aliphatic carbocycles. The van der Waals surface area contributed by atoms with Gasteiger partial charge in [0, 0.05) is 29.7 Å². The fourth-order valence-corrected chi connectivity index (χ4v) is 3.24. The molecule has 0 saturated carbocycles. The maximum absolute atomic E-state index is 13.1. The van der Waals surface area contributed by atoms with Gasteiger partial charge in [-0.25, -0.2) is 5.43 Å². The third kappa shape index (κ3) is 3.55. The van der Waals surface area contributed by atoms with Gasteiger partial charge in [-0.3, -0.25) is 14.6 Å². The molecular formula is C23H18N4O2. The lowest BCUT2D eigenvalue weighted by Gasteiger charge is -2.03. The highest BCUT2D eigenvalue weighted by atomic mass is 16.2. The van der Waals surface area contributed by atoms with Gasteiger partial charge in [-0.05, 0) is 36.8 Å². The van der Waals surface area contributed by atoms with Crippen molar-refractivity contribution >= 4 is 23.4 Å². The molecule has 1 amide bonds. The molecule has 6 heteroatoms. The Hall–Kier alpha value is -4.06. The highest BCUT2D eigenvalue weighted by Gasteiger charge is 2.20. The Morgan fingerprint density at radius 2 is 1.76 bits per heavy atom. The minimum atomic E-state index is -0.351. The number of hydrogen-bond donors (Lipinski definition) is 1. The zero-order valence-electron chi connectivity index (χ0n) is 15.7. The van der Waals surface area contributed by atoms with Crippen LogP contribution in [-0.2, 0) is 0 Å². The number of fused-ring (bicyclic) bond motifs is 1. The highest BCUT2D eigenvalue weighted by molar-refractivity contribution is 6.12. The van der Waals surface area contributed by atoms with Crippen molar-refractivity contribution in [2.45, 2.75) is 6.92 Å². The number of carbonyl (C=O) groups is 2. The van der Waals surface area contributed by atoms with Crippen molar-refractivity contribution in [2.24, 2.45) is 5.10 Å². The minimum Gasteiger partial charge on any atom is -0.313 e. The lowest BCUT2D eigenvalue weighted by molar-refractivity contribution is 0.0954. The molecule has 0 spiro atoms. The van der Waals surface area contributed by atoms with Crippen molar-refractivity contribution in [3.8, 4) is 0 Å². The van der Waals surface area contributed by atoms with Gasteiger partial charge in [-0.15, -0.1) is 0 Å². The van der Waals surface area contributed by atoms with Gasteiger partial charge < -0.3 is 4.40 Å². The molecule has 0 radical (unpaired) electrons. The van der Waals surface area contributed by atoms with Crippen molar-refractivity contribution in [1.82, 2.24) is 14.8 Å². The van der Waals surface area contributed by atoms with E-state index in [0.29, 0.717) is 16.8 Å². The summed E-state index contributed by atoms with van der Waals surface area (Å²) in [5.41, 5.74) is 6.53. The Morgan fingerprint density at radius 1 is 1.00 bits per heavy atom. The molecule has 4 rings (SSSR count). The highest BCUT2D eigenvalue weighted by Crippen LogP contribution is 2.24. The van der Waals surface area contributed by atoms with Crippen LogP contribution in [0.25, 0.3) is 5.52 Å². The smallest absolute Gasteiger partial charge is 0.272 e. The topological polar surface area (TPSA) is 75.8 Å². The predicted molar refractivity (Wildman–Crippen MR) is 111 cm³/mol. The Balaban J connectivity index is 1.69. The monoisotopic (exact) mass is 382 g/mol. The number of amides is 1. The van der Waals surface area contributed by atoms with Crippen molar-refractivity contribution in [3.05, 3.63) is 107 Å². The fourth-order valence-electron chi connectivity index (χ4n) is 3.24. The largest absolute Gasteiger partial charge is 0.313 e. The van der Waals surface area contributed by atoms with E-state index in [4.69, 9.17) is 0 Å². The second-order valence-electron chi connectivity index (χ2n) is 6.48. The Morgan fingerprint density at radius 3 is 2.52 bits per heavy atom. The number of rotatable bonds is 5. The second kappa shape index (κ2) is 7.90. The van der Waals surface area contributed by atoms with Gasteiger partial charge in [0.2, 0.25) is 5.78 Å². The molecule has 3 heterocycles. The summed E-state index contributed by atoms with van der Waals surface area (Å²) < 4.78 is 1.86. The quantitative estimate of drug-likeness (QED) is 0.325. The number of pyridine rings is 2. The van der Waals surface area contributed by atoms with Crippen LogP contribution in [0.4, 0.5) is 0 Å². The van der Waals surface area contributed by atoms with Gasteiger partial charge in [0.05, 0.1) is 23.0 Å². The van der Waals surface area contributed by atoms with Crippen molar-refractivity contribution in [2.75, 3.05) is 0 Å². The van der Waals surface area contributed by atoms with Crippen LogP contribution in [0.1, 0.15) is 37.5 Å². The van der Waals surface area contributed by atoms with Gasteiger partial charge >= 0.3 is 0 Å². The van der Waals surface area contributed by atoms with E-state index in [2.05, 4.69) is 15.5 Å². The first-order valence-electron chi connectivity index (χ1n) is 9.09. The summed E-state index contributed by atoms with van der Waals surface area (Å²) in [7, 11) is 0. The predicted octanol–water partition coefficient (Wildman–Crippen LogP) is 3.64. The molecule has 0 aliphatic rings. The summed E-state index contributed by atoms with van der Waals surface area (Å²) in [5, 5.41) is 4.10. The lowest BCUT2D eigenvalue weighted by Crippen LogP contribution is -2.17. The summed E-state index contributed by atoms with van der Waals surface area (Å²) in [4.78, 5) is 29.2. The van der Waals surface area contributed by atoms with Crippen LogP contribution in [0, 0.1) is 6.92 Å². The SMILES string of the molecule is Cc1c(/C=N\NC(=O)c2cccnc2)c2ccccn2c1C(=O)c1ccccc1. The number of carbonyl (C=O) groups excluding carboxylic acids is 2. The number of nitrogens with zero attached hydrogens (tertiary/aromatic N) is 3. The van der Waals surface area contributed by atoms with Crippen LogP contribution in [0.3, 0.4) is 0 Å². The van der Waals surface area contributed by atoms with Crippen LogP contribution in [0.15, 0.2) is 84.4 Å². The van der Waals surface area contributed by atoms with E-state index < -0.39 is 0 Å². The van der Waals surface area contributed by atoms with Gasteiger partial charge in [0.1, 0.15) is 0 Å². The van der Waals surface area contributed by atoms with Crippen molar-refractivity contribution in [1.29, 1.82) is 0 Å². The number of nitrogens with one attached hydrogen (secondary N) is 1. The first-order valence-corrected chi connectivity index (χ1v) is 9.09. The van der Waals surface area contributed by atoms with Gasteiger partial charge in [-0.2, -0.15) is 5.10 Å². The zero-order valence-corrected chi connectivity index (χ0v) is 15.7. The molecule has 3 aromatic heterocycles. The molecule has 0 aliphatic heterocycles.